The van der Waals surface area contributed by atoms with Crippen molar-refractivity contribution in [2.45, 2.75) is 37.8 Å². The van der Waals surface area contributed by atoms with Gasteiger partial charge in [-0.05, 0) is 30.5 Å². The monoisotopic (exact) mass is 290 g/mol. The lowest BCUT2D eigenvalue weighted by Gasteiger charge is -2.26. The minimum absolute atomic E-state index is 0.0797. The van der Waals surface area contributed by atoms with Gasteiger partial charge in [-0.2, -0.15) is 5.26 Å². The van der Waals surface area contributed by atoms with Crippen LogP contribution in [0.2, 0.25) is 5.02 Å². The first-order chi connectivity index (χ1) is 9.60. The third kappa shape index (κ3) is 2.39. The summed E-state index contributed by atoms with van der Waals surface area (Å²) in [5.41, 5.74) is 1.06. The molecule has 1 saturated carbocycles. The quantitative estimate of drug-likeness (QED) is 0.930. The molecule has 2 aliphatic rings. The van der Waals surface area contributed by atoms with Crippen molar-refractivity contribution in [3.8, 4) is 6.07 Å². The molecule has 2 fully saturated rings. The van der Waals surface area contributed by atoms with Crippen molar-refractivity contribution < 1.29 is 9.90 Å². The number of rotatable bonds is 3. The molecule has 1 amide bonds. The summed E-state index contributed by atoms with van der Waals surface area (Å²) in [4.78, 5) is 13.8. The zero-order valence-electron chi connectivity index (χ0n) is 10.9. The van der Waals surface area contributed by atoms with E-state index in [9.17, 15) is 9.90 Å². The Morgan fingerprint density at radius 1 is 1.45 bits per heavy atom. The van der Waals surface area contributed by atoms with Crippen LogP contribution in [0.15, 0.2) is 18.2 Å². The van der Waals surface area contributed by atoms with E-state index in [0.717, 1.165) is 6.42 Å². The molecule has 1 aromatic carbocycles. The predicted octanol–water partition coefficient (Wildman–Crippen LogP) is 2.48. The smallest absolute Gasteiger partial charge is 0.230 e. The van der Waals surface area contributed by atoms with Crippen molar-refractivity contribution in [1.82, 2.24) is 0 Å². The lowest BCUT2D eigenvalue weighted by molar-refractivity contribution is -0.117. The van der Waals surface area contributed by atoms with Gasteiger partial charge in [0.05, 0.1) is 29.2 Å². The molecule has 3 rings (SSSR count). The molecule has 1 aliphatic carbocycles. The predicted molar refractivity (Wildman–Crippen MR) is 75.4 cm³/mol. The van der Waals surface area contributed by atoms with E-state index in [0.29, 0.717) is 22.2 Å². The second-order valence-corrected chi connectivity index (χ2v) is 5.96. The molecule has 1 saturated heterocycles. The van der Waals surface area contributed by atoms with Crippen molar-refractivity contribution >= 4 is 23.2 Å². The molecule has 0 spiro atoms. The fraction of sp³-hybridized carbons (Fsp3) is 0.467. The lowest BCUT2D eigenvalue weighted by Crippen LogP contribution is -2.37. The molecule has 20 heavy (non-hydrogen) atoms. The molecule has 1 N–H and O–H groups in total. The van der Waals surface area contributed by atoms with Crippen LogP contribution in [-0.4, -0.2) is 23.2 Å². The van der Waals surface area contributed by atoms with E-state index in [2.05, 4.69) is 0 Å². The molecule has 0 radical (unpaired) electrons. The van der Waals surface area contributed by atoms with Crippen LogP contribution in [0, 0.1) is 17.2 Å². The summed E-state index contributed by atoms with van der Waals surface area (Å²) in [5.74, 6) is 0.542. The average molecular weight is 291 g/mol. The summed E-state index contributed by atoms with van der Waals surface area (Å²) in [6, 6.07) is 6.81. The van der Waals surface area contributed by atoms with Crippen LogP contribution in [0.4, 0.5) is 5.69 Å². The third-order valence-electron chi connectivity index (χ3n) is 4.05. The Balaban J connectivity index is 1.91. The topological polar surface area (TPSA) is 64.3 Å². The largest absolute Gasteiger partial charge is 0.390 e. The van der Waals surface area contributed by atoms with Gasteiger partial charge in [0.15, 0.2) is 0 Å². The Hall–Kier alpha value is -1.57. The minimum atomic E-state index is -0.613. The SMILES string of the molecule is N#Cc1ccc(N2C(=O)CC(O)C2CC2CC2)cc1Cl. The normalized spacial score (nSPS) is 25.9. The van der Waals surface area contributed by atoms with Gasteiger partial charge in [0.1, 0.15) is 6.07 Å². The Morgan fingerprint density at radius 2 is 2.20 bits per heavy atom. The third-order valence-corrected chi connectivity index (χ3v) is 4.36. The van der Waals surface area contributed by atoms with Crippen molar-refractivity contribution in [2.24, 2.45) is 5.92 Å². The number of hydrogen-bond donors (Lipinski definition) is 1. The van der Waals surface area contributed by atoms with E-state index in [1.165, 1.54) is 12.8 Å². The number of hydrogen-bond acceptors (Lipinski definition) is 3. The number of carbonyl (C=O) groups excluding carboxylic acids is 1. The maximum atomic E-state index is 12.1. The van der Waals surface area contributed by atoms with Crippen LogP contribution in [0.25, 0.3) is 0 Å². The van der Waals surface area contributed by atoms with E-state index >= 15 is 0 Å². The number of anilines is 1. The van der Waals surface area contributed by atoms with E-state index < -0.39 is 6.10 Å². The van der Waals surface area contributed by atoms with Gasteiger partial charge in [-0.1, -0.05) is 24.4 Å². The van der Waals surface area contributed by atoms with Gasteiger partial charge in [0, 0.05) is 5.69 Å². The van der Waals surface area contributed by atoms with Crippen LogP contribution in [0.3, 0.4) is 0 Å². The first kappa shape index (κ1) is 13.4. The number of halogens is 1. The van der Waals surface area contributed by atoms with E-state index in [1.807, 2.05) is 6.07 Å². The maximum Gasteiger partial charge on any atom is 0.230 e. The van der Waals surface area contributed by atoms with Crippen LogP contribution in [0.5, 0.6) is 0 Å². The van der Waals surface area contributed by atoms with E-state index in [-0.39, 0.29) is 18.4 Å². The first-order valence-corrected chi connectivity index (χ1v) is 7.17. The number of aliphatic hydroxyl groups is 1. The molecule has 5 heteroatoms. The summed E-state index contributed by atoms with van der Waals surface area (Å²) in [6.45, 7) is 0. The molecule has 1 heterocycles. The highest BCUT2D eigenvalue weighted by atomic mass is 35.5. The second-order valence-electron chi connectivity index (χ2n) is 5.56. The van der Waals surface area contributed by atoms with Gasteiger partial charge < -0.3 is 10.0 Å². The van der Waals surface area contributed by atoms with E-state index in [4.69, 9.17) is 16.9 Å². The fourth-order valence-corrected chi connectivity index (χ4v) is 3.02. The van der Waals surface area contributed by atoms with Gasteiger partial charge in [-0.25, -0.2) is 0 Å². The Morgan fingerprint density at radius 3 is 2.80 bits per heavy atom. The molecular formula is C15H15ClN2O2. The fourth-order valence-electron chi connectivity index (χ4n) is 2.81. The molecule has 0 aromatic heterocycles. The van der Waals surface area contributed by atoms with Gasteiger partial charge in [0.25, 0.3) is 0 Å². The summed E-state index contributed by atoms with van der Waals surface area (Å²) in [6.07, 6.45) is 2.75. The molecule has 104 valence electrons. The highest BCUT2D eigenvalue weighted by Gasteiger charge is 2.42. The molecule has 4 nitrogen and oxygen atoms in total. The number of amides is 1. The Labute approximate surface area is 122 Å². The Kier molecular flexibility index (Phi) is 3.41. The molecule has 1 aromatic rings. The van der Waals surface area contributed by atoms with Gasteiger partial charge in [-0.15, -0.1) is 0 Å². The molecule has 2 unspecified atom stereocenters. The van der Waals surface area contributed by atoms with Crippen LogP contribution in [-0.2, 0) is 4.79 Å². The number of benzene rings is 1. The minimum Gasteiger partial charge on any atom is -0.390 e. The second kappa shape index (κ2) is 5.08. The van der Waals surface area contributed by atoms with E-state index in [1.54, 1.807) is 23.1 Å². The Bertz CT molecular complexity index is 592. The van der Waals surface area contributed by atoms with Crippen molar-refractivity contribution in [2.75, 3.05) is 4.90 Å². The van der Waals surface area contributed by atoms with Crippen LogP contribution in [0.1, 0.15) is 31.2 Å². The van der Waals surface area contributed by atoms with Crippen molar-refractivity contribution in [3.05, 3.63) is 28.8 Å². The lowest BCUT2D eigenvalue weighted by atomic mass is 10.0. The molecule has 2 atom stereocenters. The van der Waals surface area contributed by atoms with Crippen LogP contribution < -0.4 is 4.90 Å². The number of nitriles is 1. The zero-order valence-corrected chi connectivity index (χ0v) is 11.7. The molecule has 1 aliphatic heterocycles. The van der Waals surface area contributed by atoms with Gasteiger partial charge in [-0.3, -0.25) is 4.79 Å². The summed E-state index contributed by atoms with van der Waals surface area (Å²) < 4.78 is 0. The number of carbonyl (C=O) groups is 1. The standard InChI is InChI=1S/C15H15ClN2O2/c16-12-6-11(4-3-10(12)8-17)18-13(5-9-1-2-9)14(19)7-15(18)20/h3-4,6,9,13-14,19H,1-2,5,7H2. The highest BCUT2D eigenvalue weighted by Crippen LogP contribution is 2.39. The van der Waals surface area contributed by atoms with Crippen molar-refractivity contribution in [3.63, 3.8) is 0 Å². The summed E-state index contributed by atoms with van der Waals surface area (Å²) in [7, 11) is 0. The molecular weight excluding hydrogens is 276 g/mol. The van der Waals surface area contributed by atoms with Gasteiger partial charge >= 0.3 is 0 Å². The summed E-state index contributed by atoms with van der Waals surface area (Å²) >= 11 is 6.03. The van der Waals surface area contributed by atoms with Gasteiger partial charge in [0.2, 0.25) is 5.91 Å². The molecule has 0 bridgehead atoms. The zero-order chi connectivity index (χ0) is 14.3. The summed E-state index contributed by atoms with van der Waals surface area (Å²) in [5, 5.41) is 19.3. The number of nitrogens with zero attached hydrogens (tertiary/aromatic N) is 2. The van der Waals surface area contributed by atoms with Crippen LogP contribution >= 0.6 is 11.6 Å². The first-order valence-electron chi connectivity index (χ1n) is 6.80. The number of aliphatic hydroxyl groups excluding tert-OH is 1. The highest BCUT2D eigenvalue weighted by molar-refractivity contribution is 6.32. The average Bonchev–Trinajstić information content (AvgIpc) is 3.17. The maximum absolute atomic E-state index is 12.1. The van der Waals surface area contributed by atoms with Crippen molar-refractivity contribution in [1.29, 1.82) is 5.26 Å².